The number of para-hydroxylation sites is 1. The molecule has 0 aromatic heterocycles. The number of nitrogens with two attached hydrogens (primary N) is 1. The summed E-state index contributed by atoms with van der Waals surface area (Å²) in [7, 11) is 0. The van der Waals surface area contributed by atoms with Gasteiger partial charge in [0.05, 0.1) is 18.4 Å². The lowest BCUT2D eigenvalue weighted by Gasteiger charge is -2.08. The molecule has 0 amide bonds. The van der Waals surface area contributed by atoms with Crippen molar-refractivity contribution in [1.29, 1.82) is 0 Å². The molecular formula is C16H17N3O. The summed E-state index contributed by atoms with van der Waals surface area (Å²) >= 11 is 0. The third-order valence-electron chi connectivity index (χ3n) is 2.63. The van der Waals surface area contributed by atoms with Gasteiger partial charge in [-0.2, -0.15) is 5.10 Å². The van der Waals surface area contributed by atoms with Crippen molar-refractivity contribution in [2.75, 3.05) is 6.61 Å². The maximum Gasteiger partial charge on any atom is 0.157 e. The first-order valence-electron chi connectivity index (χ1n) is 6.45. The third kappa shape index (κ3) is 3.68. The summed E-state index contributed by atoms with van der Waals surface area (Å²) in [5, 5.41) is 8.02. The van der Waals surface area contributed by atoms with Gasteiger partial charge in [0.2, 0.25) is 0 Å². The van der Waals surface area contributed by atoms with Crippen LogP contribution in [0, 0.1) is 0 Å². The Morgan fingerprint density at radius 1 is 1.10 bits per heavy atom. The van der Waals surface area contributed by atoms with Gasteiger partial charge >= 0.3 is 0 Å². The predicted molar refractivity (Wildman–Crippen MR) is 82.4 cm³/mol. The van der Waals surface area contributed by atoms with Crippen LogP contribution in [0.5, 0.6) is 5.75 Å². The molecule has 0 atom stereocenters. The first-order valence-corrected chi connectivity index (χ1v) is 6.45. The highest BCUT2D eigenvalue weighted by Gasteiger charge is 2.05. The first kappa shape index (κ1) is 13.8. The maximum absolute atomic E-state index is 5.95. The zero-order valence-corrected chi connectivity index (χ0v) is 11.4. The van der Waals surface area contributed by atoms with E-state index in [4.69, 9.17) is 10.5 Å². The molecule has 0 heterocycles. The molecule has 0 aliphatic rings. The van der Waals surface area contributed by atoms with Crippen LogP contribution < -0.4 is 10.5 Å². The zero-order valence-electron chi connectivity index (χ0n) is 11.4. The molecule has 4 nitrogen and oxygen atoms in total. The summed E-state index contributed by atoms with van der Waals surface area (Å²) in [5.74, 6) is 1.05. The molecule has 0 fully saturated rings. The van der Waals surface area contributed by atoms with Crippen LogP contribution in [0.25, 0.3) is 0 Å². The molecule has 0 unspecified atom stereocenters. The minimum atomic E-state index is 0.334. The molecule has 2 N–H and O–H groups in total. The highest BCUT2D eigenvalue weighted by atomic mass is 16.5. The van der Waals surface area contributed by atoms with E-state index in [9.17, 15) is 0 Å². The quantitative estimate of drug-likeness (QED) is 0.514. The third-order valence-corrected chi connectivity index (χ3v) is 2.63. The molecule has 0 saturated heterocycles. The largest absolute Gasteiger partial charge is 0.493 e. The van der Waals surface area contributed by atoms with Gasteiger partial charge in [0, 0.05) is 0 Å². The Labute approximate surface area is 118 Å². The Morgan fingerprint density at radius 3 is 2.55 bits per heavy atom. The highest BCUT2D eigenvalue weighted by molar-refractivity contribution is 6.00. The van der Waals surface area contributed by atoms with Crippen molar-refractivity contribution in [2.45, 2.75) is 6.92 Å². The SMILES string of the molecule is CCOc1ccccc1C(N)=N/N=C/c1ccccc1. The number of hydrogen-bond donors (Lipinski definition) is 1. The number of amidine groups is 1. The van der Waals surface area contributed by atoms with Crippen molar-refractivity contribution in [2.24, 2.45) is 15.9 Å². The van der Waals surface area contributed by atoms with E-state index in [0.717, 1.165) is 11.1 Å². The standard InChI is InChI=1S/C16H17N3O/c1-2-20-15-11-7-6-10-14(15)16(17)19-18-12-13-8-4-3-5-9-13/h3-12H,2H2,1H3,(H2,17,19)/b18-12+. The van der Waals surface area contributed by atoms with E-state index in [1.165, 1.54) is 0 Å². The molecule has 102 valence electrons. The van der Waals surface area contributed by atoms with Gasteiger partial charge in [0.25, 0.3) is 0 Å². The van der Waals surface area contributed by atoms with E-state index < -0.39 is 0 Å². The van der Waals surface area contributed by atoms with Gasteiger partial charge in [-0.15, -0.1) is 5.10 Å². The van der Waals surface area contributed by atoms with Crippen LogP contribution in [-0.4, -0.2) is 18.7 Å². The molecule has 2 aromatic rings. The molecule has 0 aliphatic heterocycles. The predicted octanol–water partition coefficient (Wildman–Crippen LogP) is 2.82. The number of ether oxygens (including phenoxy) is 1. The Balaban J connectivity index is 2.16. The second-order valence-electron chi connectivity index (χ2n) is 4.07. The summed E-state index contributed by atoms with van der Waals surface area (Å²) in [6.07, 6.45) is 1.66. The van der Waals surface area contributed by atoms with Gasteiger partial charge in [-0.3, -0.25) is 0 Å². The monoisotopic (exact) mass is 267 g/mol. The second-order valence-corrected chi connectivity index (χ2v) is 4.07. The Bertz CT molecular complexity index is 606. The number of hydrogen-bond acceptors (Lipinski definition) is 3. The number of rotatable bonds is 5. The van der Waals surface area contributed by atoms with Gasteiger partial charge in [-0.1, -0.05) is 42.5 Å². The van der Waals surface area contributed by atoms with Crippen LogP contribution in [0.15, 0.2) is 64.8 Å². The van der Waals surface area contributed by atoms with E-state index in [-0.39, 0.29) is 0 Å². The average molecular weight is 267 g/mol. The highest BCUT2D eigenvalue weighted by Crippen LogP contribution is 2.17. The van der Waals surface area contributed by atoms with Crippen LogP contribution >= 0.6 is 0 Å². The fourth-order valence-electron chi connectivity index (χ4n) is 1.71. The van der Waals surface area contributed by atoms with Crippen LogP contribution in [0.3, 0.4) is 0 Å². The van der Waals surface area contributed by atoms with Crippen molar-refractivity contribution in [1.82, 2.24) is 0 Å². The van der Waals surface area contributed by atoms with Crippen molar-refractivity contribution in [3.63, 3.8) is 0 Å². The second kappa shape index (κ2) is 7.09. The van der Waals surface area contributed by atoms with Crippen molar-refractivity contribution in [3.8, 4) is 5.75 Å². The van der Waals surface area contributed by atoms with Gasteiger partial charge in [-0.05, 0) is 24.6 Å². The normalized spacial score (nSPS) is 11.8. The number of nitrogens with zero attached hydrogens (tertiary/aromatic N) is 2. The van der Waals surface area contributed by atoms with Crippen molar-refractivity contribution >= 4 is 12.1 Å². The minimum absolute atomic E-state index is 0.334. The molecule has 0 saturated carbocycles. The summed E-state index contributed by atoms with van der Waals surface area (Å²) in [4.78, 5) is 0. The van der Waals surface area contributed by atoms with Gasteiger partial charge < -0.3 is 10.5 Å². The Hall–Kier alpha value is -2.62. The molecule has 0 spiro atoms. The molecule has 0 aliphatic carbocycles. The summed E-state index contributed by atoms with van der Waals surface area (Å²) in [6.45, 7) is 2.51. The minimum Gasteiger partial charge on any atom is -0.493 e. The molecule has 4 heteroatoms. The topological polar surface area (TPSA) is 60.0 Å². The van der Waals surface area contributed by atoms with Gasteiger partial charge in [0.15, 0.2) is 5.84 Å². The van der Waals surface area contributed by atoms with E-state index in [1.54, 1.807) is 6.21 Å². The van der Waals surface area contributed by atoms with E-state index in [1.807, 2.05) is 61.5 Å². The maximum atomic E-state index is 5.95. The lowest BCUT2D eigenvalue weighted by atomic mass is 10.2. The molecule has 20 heavy (non-hydrogen) atoms. The molecule has 0 bridgehead atoms. The summed E-state index contributed by atoms with van der Waals surface area (Å²) < 4.78 is 5.51. The van der Waals surface area contributed by atoms with Crippen LogP contribution in [-0.2, 0) is 0 Å². The molecular weight excluding hydrogens is 250 g/mol. The fraction of sp³-hybridized carbons (Fsp3) is 0.125. The van der Waals surface area contributed by atoms with Crippen molar-refractivity contribution < 1.29 is 4.74 Å². The van der Waals surface area contributed by atoms with Crippen LogP contribution in [0.1, 0.15) is 18.1 Å². The lowest BCUT2D eigenvalue weighted by molar-refractivity contribution is 0.339. The molecule has 2 rings (SSSR count). The van der Waals surface area contributed by atoms with Gasteiger partial charge in [0.1, 0.15) is 5.75 Å². The smallest absolute Gasteiger partial charge is 0.157 e. The van der Waals surface area contributed by atoms with Gasteiger partial charge in [-0.25, -0.2) is 0 Å². The van der Waals surface area contributed by atoms with E-state index >= 15 is 0 Å². The summed E-state index contributed by atoms with van der Waals surface area (Å²) in [5.41, 5.74) is 7.67. The van der Waals surface area contributed by atoms with E-state index in [0.29, 0.717) is 18.2 Å². The van der Waals surface area contributed by atoms with Crippen LogP contribution in [0.2, 0.25) is 0 Å². The first-order chi connectivity index (χ1) is 9.81. The Kier molecular flexibility index (Phi) is 4.89. The van der Waals surface area contributed by atoms with E-state index in [2.05, 4.69) is 10.2 Å². The lowest BCUT2D eigenvalue weighted by Crippen LogP contribution is -2.14. The molecule has 0 radical (unpaired) electrons. The summed E-state index contributed by atoms with van der Waals surface area (Å²) in [6, 6.07) is 17.2. The van der Waals surface area contributed by atoms with Crippen molar-refractivity contribution in [3.05, 3.63) is 65.7 Å². The molecule has 2 aromatic carbocycles. The van der Waals surface area contributed by atoms with Crippen LogP contribution in [0.4, 0.5) is 0 Å². The average Bonchev–Trinajstić information content (AvgIpc) is 2.49. The number of benzene rings is 2. The zero-order chi connectivity index (χ0) is 14.2. The Morgan fingerprint density at radius 2 is 1.80 bits per heavy atom. The fourth-order valence-corrected chi connectivity index (χ4v) is 1.71.